The van der Waals surface area contributed by atoms with E-state index in [1.165, 1.54) is 6.07 Å². The van der Waals surface area contributed by atoms with Crippen LogP contribution in [0.3, 0.4) is 0 Å². The minimum atomic E-state index is -0.486. The fourth-order valence-corrected chi connectivity index (χ4v) is 3.36. The van der Waals surface area contributed by atoms with Gasteiger partial charge in [-0.15, -0.1) is 0 Å². The second-order valence-corrected chi connectivity index (χ2v) is 7.05. The van der Waals surface area contributed by atoms with Gasteiger partial charge in [0, 0.05) is 11.8 Å². The Kier molecular flexibility index (Phi) is 4.96. The molecular formula is C24H21N3O2. The number of benzene rings is 3. The van der Waals surface area contributed by atoms with Crippen LogP contribution in [0.25, 0.3) is 16.5 Å². The topological polar surface area (TPSA) is 64.0 Å². The molecule has 1 heterocycles. The Hall–Kier alpha value is -3.73. The third kappa shape index (κ3) is 3.80. The fourth-order valence-electron chi connectivity index (χ4n) is 3.36. The van der Waals surface area contributed by atoms with Crippen LogP contribution in [0.1, 0.15) is 34.7 Å². The van der Waals surface area contributed by atoms with Crippen LogP contribution in [0.4, 0.5) is 0 Å². The molecule has 3 aromatic carbocycles. The van der Waals surface area contributed by atoms with Gasteiger partial charge in [0.25, 0.3) is 5.91 Å². The Labute approximate surface area is 168 Å². The Bertz CT molecular complexity index is 1250. The molecule has 4 rings (SSSR count). The van der Waals surface area contributed by atoms with E-state index < -0.39 is 11.3 Å². The Morgan fingerprint density at radius 3 is 2.38 bits per heavy atom. The van der Waals surface area contributed by atoms with Crippen molar-refractivity contribution < 1.29 is 4.79 Å². The normalized spacial score (nSPS) is 11.9. The second kappa shape index (κ2) is 7.72. The van der Waals surface area contributed by atoms with E-state index in [1.54, 1.807) is 11.6 Å². The quantitative estimate of drug-likeness (QED) is 0.575. The van der Waals surface area contributed by atoms with E-state index >= 15 is 0 Å². The second-order valence-electron chi connectivity index (χ2n) is 7.05. The van der Waals surface area contributed by atoms with Gasteiger partial charge in [-0.3, -0.25) is 9.59 Å². The molecule has 0 aliphatic carbocycles. The van der Waals surface area contributed by atoms with E-state index in [9.17, 15) is 9.59 Å². The minimum Gasteiger partial charge on any atom is -0.344 e. The van der Waals surface area contributed by atoms with Gasteiger partial charge in [-0.25, -0.2) is 4.68 Å². The molecule has 1 unspecified atom stereocenters. The lowest BCUT2D eigenvalue weighted by molar-refractivity contribution is 0.0932. The van der Waals surface area contributed by atoms with Crippen molar-refractivity contribution >= 4 is 16.7 Å². The Balaban J connectivity index is 1.63. The van der Waals surface area contributed by atoms with Crippen molar-refractivity contribution in [3.63, 3.8) is 0 Å². The van der Waals surface area contributed by atoms with Crippen molar-refractivity contribution in [2.45, 2.75) is 19.9 Å². The van der Waals surface area contributed by atoms with Crippen molar-refractivity contribution in [1.29, 1.82) is 0 Å². The van der Waals surface area contributed by atoms with Gasteiger partial charge in [0.05, 0.1) is 11.7 Å². The number of hydrogen-bond acceptors (Lipinski definition) is 3. The average molecular weight is 383 g/mol. The number of para-hydroxylation sites is 1. The zero-order valence-electron chi connectivity index (χ0n) is 16.3. The monoisotopic (exact) mass is 383 g/mol. The molecule has 1 atom stereocenters. The van der Waals surface area contributed by atoms with Gasteiger partial charge in [0.2, 0.25) is 5.43 Å². The van der Waals surface area contributed by atoms with Crippen LogP contribution in [-0.2, 0) is 0 Å². The number of carbonyl (C=O) groups is 1. The Morgan fingerprint density at radius 1 is 0.931 bits per heavy atom. The van der Waals surface area contributed by atoms with Crippen molar-refractivity contribution in [3.8, 4) is 5.69 Å². The van der Waals surface area contributed by atoms with Gasteiger partial charge in [0.15, 0.2) is 5.69 Å². The van der Waals surface area contributed by atoms with Crippen LogP contribution in [-0.4, -0.2) is 15.7 Å². The van der Waals surface area contributed by atoms with E-state index in [-0.39, 0.29) is 11.7 Å². The molecule has 0 aliphatic rings. The molecule has 5 nitrogen and oxygen atoms in total. The first kappa shape index (κ1) is 18.6. The molecule has 0 spiro atoms. The molecule has 0 aliphatic heterocycles. The number of aryl methyl sites for hydroxylation is 1. The average Bonchev–Trinajstić information content (AvgIpc) is 2.74. The summed E-state index contributed by atoms with van der Waals surface area (Å²) in [4.78, 5) is 25.2. The fraction of sp³-hybridized carbons (Fsp3) is 0.125. The van der Waals surface area contributed by atoms with E-state index in [4.69, 9.17) is 0 Å². The van der Waals surface area contributed by atoms with Crippen LogP contribution in [0.5, 0.6) is 0 Å². The number of carbonyl (C=O) groups excluding carboxylic acids is 1. The maximum Gasteiger partial charge on any atom is 0.276 e. The lowest BCUT2D eigenvalue weighted by Crippen LogP contribution is -2.33. The molecule has 1 N–H and O–H groups in total. The molecule has 0 saturated carbocycles. The molecule has 0 bridgehead atoms. The van der Waals surface area contributed by atoms with Crippen LogP contribution in [0.2, 0.25) is 0 Å². The van der Waals surface area contributed by atoms with Gasteiger partial charge in [0.1, 0.15) is 0 Å². The van der Waals surface area contributed by atoms with E-state index in [0.29, 0.717) is 5.69 Å². The molecule has 29 heavy (non-hydrogen) atoms. The molecule has 0 radical (unpaired) electrons. The summed E-state index contributed by atoms with van der Waals surface area (Å²) in [5, 5.41) is 9.47. The largest absolute Gasteiger partial charge is 0.344 e. The van der Waals surface area contributed by atoms with Gasteiger partial charge < -0.3 is 5.32 Å². The van der Waals surface area contributed by atoms with Crippen molar-refractivity contribution in [1.82, 2.24) is 15.1 Å². The summed E-state index contributed by atoms with van der Waals surface area (Å²) in [7, 11) is 0. The number of nitrogens with zero attached hydrogens (tertiary/aromatic N) is 2. The highest BCUT2D eigenvalue weighted by Gasteiger charge is 2.18. The Morgan fingerprint density at radius 2 is 1.62 bits per heavy atom. The smallest absolute Gasteiger partial charge is 0.276 e. The molecule has 1 amide bonds. The number of nitrogens with one attached hydrogen (secondary N) is 1. The molecular weight excluding hydrogens is 362 g/mol. The zero-order chi connectivity index (χ0) is 20.4. The lowest BCUT2D eigenvalue weighted by Gasteiger charge is -2.16. The predicted molar refractivity (Wildman–Crippen MR) is 114 cm³/mol. The molecule has 0 fully saturated rings. The first-order valence-corrected chi connectivity index (χ1v) is 9.49. The highest BCUT2D eigenvalue weighted by Crippen LogP contribution is 2.20. The zero-order valence-corrected chi connectivity index (χ0v) is 16.3. The summed E-state index contributed by atoms with van der Waals surface area (Å²) in [6.45, 7) is 3.69. The molecule has 4 aromatic rings. The SMILES string of the molecule is Cc1cc(=O)c(C(=O)NC(C)c2ccc3ccccc3c2)nn1-c1ccccc1. The summed E-state index contributed by atoms with van der Waals surface area (Å²) in [6.07, 6.45) is 0. The number of amides is 1. The number of aromatic nitrogens is 2. The highest BCUT2D eigenvalue weighted by molar-refractivity contribution is 5.92. The van der Waals surface area contributed by atoms with Crippen LogP contribution >= 0.6 is 0 Å². The first-order valence-electron chi connectivity index (χ1n) is 9.49. The molecule has 0 saturated heterocycles. The maximum atomic E-state index is 12.8. The summed E-state index contributed by atoms with van der Waals surface area (Å²) in [5.41, 5.74) is 1.92. The van der Waals surface area contributed by atoms with E-state index in [1.807, 2.05) is 79.7 Å². The highest BCUT2D eigenvalue weighted by atomic mass is 16.2. The van der Waals surface area contributed by atoms with Crippen LogP contribution in [0, 0.1) is 6.92 Å². The van der Waals surface area contributed by atoms with Crippen LogP contribution < -0.4 is 10.7 Å². The van der Waals surface area contributed by atoms with E-state index in [0.717, 1.165) is 22.0 Å². The van der Waals surface area contributed by atoms with Crippen LogP contribution in [0.15, 0.2) is 83.7 Å². The standard InChI is InChI=1S/C24H21N3O2/c1-16-14-22(28)23(26-27(16)21-10-4-3-5-11-21)24(29)25-17(2)19-13-12-18-8-6-7-9-20(18)15-19/h3-15,17H,1-2H3,(H,25,29). The predicted octanol–water partition coefficient (Wildman–Crippen LogP) is 4.19. The summed E-state index contributed by atoms with van der Waals surface area (Å²) in [6, 6.07) is 24.7. The molecule has 144 valence electrons. The number of rotatable bonds is 4. The molecule has 1 aromatic heterocycles. The third-order valence-corrected chi connectivity index (χ3v) is 4.94. The molecule has 5 heteroatoms. The van der Waals surface area contributed by atoms with E-state index in [2.05, 4.69) is 10.4 Å². The summed E-state index contributed by atoms with van der Waals surface area (Å²) in [5.74, 6) is -0.486. The first-order chi connectivity index (χ1) is 14.0. The van der Waals surface area contributed by atoms with Gasteiger partial charge >= 0.3 is 0 Å². The summed E-state index contributed by atoms with van der Waals surface area (Å²) < 4.78 is 1.61. The number of fused-ring (bicyclic) bond motifs is 1. The van der Waals surface area contributed by atoms with Crippen molar-refractivity contribution in [3.05, 3.63) is 106 Å². The maximum absolute atomic E-state index is 12.8. The lowest BCUT2D eigenvalue weighted by atomic mass is 10.0. The van der Waals surface area contributed by atoms with Crippen molar-refractivity contribution in [2.75, 3.05) is 0 Å². The minimum absolute atomic E-state index is 0.118. The van der Waals surface area contributed by atoms with Gasteiger partial charge in [-0.05, 0) is 48.4 Å². The van der Waals surface area contributed by atoms with Crippen molar-refractivity contribution in [2.24, 2.45) is 0 Å². The number of hydrogen-bond donors (Lipinski definition) is 1. The van der Waals surface area contributed by atoms with Gasteiger partial charge in [-0.1, -0.05) is 54.6 Å². The third-order valence-electron chi connectivity index (χ3n) is 4.94. The van der Waals surface area contributed by atoms with Gasteiger partial charge in [-0.2, -0.15) is 5.10 Å². The summed E-state index contributed by atoms with van der Waals surface area (Å²) >= 11 is 0.